The predicted octanol–water partition coefficient (Wildman–Crippen LogP) is 3.09. The van der Waals surface area contributed by atoms with Gasteiger partial charge in [-0.2, -0.15) is 0 Å². The highest BCUT2D eigenvalue weighted by molar-refractivity contribution is 5.28. The summed E-state index contributed by atoms with van der Waals surface area (Å²) in [5.74, 6) is 1.20. The van der Waals surface area contributed by atoms with Crippen LogP contribution in [0.5, 0.6) is 5.75 Å². The second-order valence-electron chi connectivity index (χ2n) is 5.57. The van der Waals surface area contributed by atoms with Gasteiger partial charge in [0.25, 0.3) is 0 Å². The van der Waals surface area contributed by atoms with Crippen molar-refractivity contribution < 1.29 is 5.11 Å². The largest absolute Gasteiger partial charge is 0.508 e. The van der Waals surface area contributed by atoms with Crippen molar-refractivity contribution >= 4 is 0 Å². The van der Waals surface area contributed by atoms with Crippen LogP contribution in [-0.4, -0.2) is 11.7 Å². The highest BCUT2D eigenvalue weighted by Crippen LogP contribution is 2.44. The molecule has 2 heteroatoms. The van der Waals surface area contributed by atoms with Gasteiger partial charge in [0.05, 0.1) is 0 Å². The van der Waals surface area contributed by atoms with Crippen LogP contribution in [0.3, 0.4) is 0 Å². The molecule has 0 spiro atoms. The van der Waals surface area contributed by atoms with Crippen LogP contribution in [0.25, 0.3) is 0 Å². The van der Waals surface area contributed by atoms with E-state index in [0.717, 1.165) is 18.9 Å². The molecular formula is C15H23NO. The van der Waals surface area contributed by atoms with E-state index in [1.165, 1.54) is 31.2 Å². The number of phenolic OH excluding ortho intramolecular Hbond substituents is 1. The molecule has 0 aromatic heterocycles. The Kier molecular flexibility index (Phi) is 3.72. The fraction of sp³-hybridized carbons (Fsp3) is 0.600. The third-order valence-electron chi connectivity index (χ3n) is 4.30. The molecule has 2 nitrogen and oxygen atoms in total. The van der Waals surface area contributed by atoms with Gasteiger partial charge in [-0.05, 0) is 61.3 Å². The Morgan fingerprint density at radius 1 is 1.47 bits per heavy atom. The summed E-state index contributed by atoms with van der Waals surface area (Å²) in [6.45, 7) is 3.03. The zero-order chi connectivity index (χ0) is 12.3. The molecule has 0 amide bonds. The topological polar surface area (TPSA) is 46.2 Å². The fourth-order valence-electron chi connectivity index (χ4n) is 3.19. The molecule has 2 atom stereocenters. The number of aromatic hydroxyl groups is 1. The van der Waals surface area contributed by atoms with Gasteiger partial charge in [-0.25, -0.2) is 0 Å². The van der Waals surface area contributed by atoms with Gasteiger partial charge in [-0.15, -0.1) is 0 Å². The molecule has 1 aliphatic rings. The molecule has 2 rings (SSSR count). The monoisotopic (exact) mass is 233 g/mol. The number of hydrogen-bond donors (Lipinski definition) is 2. The lowest BCUT2D eigenvalue weighted by Crippen LogP contribution is -2.30. The summed E-state index contributed by atoms with van der Waals surface area (Å²) in [6.07, 6.45) is 6.07. The summed E-state index contributed by atoms with van der Waals surface area (Å²) >= 11 is 0. The molecule has 2 unspecified atom stereocenters. The third-order valence-corrected chi connectivity index (χ3v) is 4.30. The van der Waals surface area contributed by atoms with Crippen LogP contribution in [0.4, 0.5) is 0 Å². The van der Waals surface area contributed by atoms with Crippen molar-refractivity contribution in [1.29, 1.82) is 0 Å². The molecule has 1 saturated carbocycles. The Morgan fingerprint density at radius 3 is 2.88 bits per heavy atom. The third kappa shape index (κ3) is 2.81. The van der Waals surface area contributed by atoms with Gasteiger partial charge in [-0.1, -0.05) is 25.5 Å². The maximum Gasteiger partial charge on any atom is 0.115 e. The van der Waals surface area contributed by atoms with Crippen molar-refractivity contribution in [3.8, 4) is 5.75 Å². The zero-order valence-electron chi connectivity index (χ0n) is 10.7. The molecule has 1 aromatic carbocycles. The predicted molar refractivity (Wildman–Crippen MR) is 70.9 cm³/mol. The van der Waals surface area contributed by atoms with Gasteiger partial charge < -0.3 is 10.8 Å². The van der Waals surface area contributed by atoms with E-state index in [1.54, 1.807) is 6.07 Å². The highest BCUT2D eigenvalue weighted by Gasteiger charge is 2.37. The van der Waals surface area contributed by atoms with Crippen LogP contribution < -0.4 is 5.73 Å². The van der Waals surface area contributed by atoms with Crippen LogP contribution in [-0.2, 0) is 6.42 Å². The van der Waals surface area contributed by atoms with E-state index in [-0.39, 0.29) is 5.41 Å². The molecule has 1 aromatic rings. The highest BCUT2D eigenvalue weighted by atomic mass is 16.3. The minimum absolute atomic E-state index is 0.272. The molecule has 0 saturated heterocycles. The molecule has 0 bridgehead atoms. The van der Waals surface area contributed by atoms with Gasteiger partial charge in [-0.3, -0.25) is 0 Å². The van der Waals surface area contributed by atoms with Gasteiger partial charge in [0.2, 0.25) is 0 Å². The first-order chi connectivity index (χ1) is 8.17. The lowest BCUT2D eigenvalue weighted by atomic mass is 9.79. The average Bonchev–Trinajstić information content (AvgIpc) is 2.73. The van der Waals surface area contributed by atoms with Crippen LogP contribution >= 0.6 is 0 Å². The fourth-order valence-corrected chi connectivity index (χ4v) is 3.19. The van der Waals surface area contributed by atoms with E-state index in [0.29, 0.717) is 5.75 Å². The van der Waals surface area contributed by atoms with Crippen molar-refractivity contribution in [2.45, 2.75) is 39.0 Å². The summed E-state index contributed by atoms with van der Waals surface area (Å²) in [4.78, 5) is 0. The zero-order valence-corrected chi connectivity index (χ0v) is 10.7. The normalized spacial score (nSPS) is 28.5. The second kappa shape index (κ2) is 5.09. The average molecular weight is 233 g/mol. The first-order valence-electron chi connectivity index (χ1n) is 6.65. The second-order valence-corrected chi connectivity index (χ2v) is 5.57. The summed E-state index contributed by atoms with van der Waals surface area (Å²) in [7, 11) is 0. The van der Waals surface area contributed by atoms with Gasteiger partial charge in [0.1, 0.15) is 5.75 Å². The standard InChI is InChI=1S/C15H23NO/c1-2-12-6-7-15(9-12,11-16)10-13-4-3-5-14(17)8-13/h3-5,8,12,17H,2,6-7,9-11,16H2,1H3. The summed E-state index contributed by atoms with van der Waals surface area (Å²) < 4.78 is 0. The molecule has 3 N–H and O–H groups in total. The molecule has 1 aliphatic carbocycles. The van der Waals surface area contributed by atoms with E-state index in [1.807, 2.05) is 12.1 Å². The Balaban J connectivity index is 2.10. The SMILES string of the molecule is CCC1CCC(CN)(Cc2cccc(O)c2)C1. The molecule has 94 valence electrons. The number of hydrogen-bond acceptors (Lipinski definition) is 2. The number of phenols is 1. The molecule has 0 radical (unpaired) electrons. The molecular weight excluding hydrogens is 210 g/mol. The maximum atomic E-state index is 9.51. The Bertz CT molecular complexity index is 377. The molecule has 0 heterocycles. The van der Waals surface area contributed by atoms with Crippen LogP contribution in [0, 0.1) is 11.3 Å². The molecule has 17 heavy (non-hydrogen) atoms. The van der Waals surface area contributed by atoms with Crippen LogP contribution in [0.15, 0.2) is 24.3 Å². The van der Waals surface area contributed by atoms with E-state index in [2.05, 4.69) is 13.0 Å². The van der Waals surface area contributed by atoms with E-state index in [4.69, 9.17) is 5.73 Å². The van der Waals surface area contributed by atoms with Crippen LogP contribution in [0.1, 0.15) is 38.2 Å². The van der Waals surface area contributed by atoms with Crippen molar-refractivity contribution in [3.05, 3.63) is 29.8 Å². The first kappa shape index (κ1) is 12.4. The van der Waals surface area contributed by atoms with Crippen molar-refractivity contribution in [1.82, 2.24) is 0 Å². The van der Waals surface area contributed by atoms with E-state index < -0.39 is 0 Å². The molecule has 0 aliphatic heterocycles. The van der Waals surface area contributed by atoms with Gasteiger partial charge in [0.15, 0.2) is 0 Å². The first-order valence-corrected chi connectivity index (χ1v) is 6.65. The van der Waals surface area contributed by atoms with Crippen molar-refractivity contribution in [2.75, 3.05) is 6.54 Å². The quantitative estimate of drug-likeness (QED) is 0.839. The Morgan fingerprint density at radius 2 is 2.29 bits per heavy atom. The minimum atomic E-state index is 0.272. The van der Waals surface area contributed by atoms with Crippen LogP contribution in [0.2, 0.25) is 0 Å². The number of benzene rings is 1. The minimum Gasteiger partial charge on any atom is -0.508 e. The van der Waals surface area contributed by atoms with Gasteiger partial charge in [0, 0.05) is 0 Å². The lowest BCUT2D eigenvalue weighted by molar-refractivity contribution is 0.290. The maximum absolute atomic E-state index is 9.51. The lowest BCUT2D eigenvalue weighted by Gasteiger charge is -2.28. The van der Waals surface area contributed by atoms with E-state index >= 15 is 0 Å². The smallest absolute Gasteiger partial charge is 0.115 e. The van der Waals surface area contributed by atoms with Crippen molar-refractivity contribution in [3.63, 3.8) is 0 Å². The number of nitrogens with two attached hydrogens (primary N) is 1. The summed E-state index contributed by atoms with van der Waals surface area (Å²) in [6, 6.07) is 7.61. The number of rotatable bonds is 4. The van der Waals surface area contributed by atoms with E-state index in [9.17, 15) is 5.11 Å². The summed E-state index contributed by atoms with van der Waals surface area (Å²) in [5.41, 5.74) is 7.50. The summed E-state index contributed by atoms with van der Waals surface area (Å²) in [5, 5.41) is 9.51. The van der Waals surface area contributed by atoms with Gasteiger partial charge >= 0.3 is 0 Å². The van der Waals surface area contributed by atoms with Crippen molar-refractivity contribution in [2.24, 2.45) is 17.1 Å². The Labute approximate surface area is 104 Å². The molecule has 1 fully saturated rings. The Hall–Kier alpha value is -1.02.